The van der Waals surface area contributed by atoms with Crippen LogP contribution in [0.4, 0.5) is 4.39 Å². The van der Waals surface area contributed by atoms with Crippen molar-refractivity contribution in [3.63, 3.8) is 0 Å². The van der Waals surface area contributed by atoms with Gasteiger partial charge in [0.1, 0.15) is 18.2 Å². The molecular weight excluding hydrogens is 455 g/mol. The molecule has 1 atom stereocenters. The summed E-state index contributed by atoms with van der Waals surface area (Å²) < 4.78 is 22.7. The van der Waals surface area contributed by atoms with E-state index in [1.807, 2.05) is 10.6 Å². The van der Waals surface area contributed by atoms with Crippen LogP contribution in [0.25, 0.3) is 22.3 Å². The lowest BCUT2D eigenvalue weighted by atomic mass is 10.2. The average molecular weight is 477 g/mol. The van der Waals surface area contributed by atoms with Crippen LogP contribution in [0, 0.1) is 17.1 Å². The Morgan fingerprint density at radius 1 is 1.15 bits per heavy atom. The Kier molecular flexibility index (Phi) is 6.38. The number of para-hydroxylation sites is 1. The molecule has 34 heavy (non-hydrogen) atoms. The summed E-state index contributed by atoms with van der Waals surface area (Å²) >= 11 is 1.39. The molecule has 0 saturated carbocycles. The topological polar surface area (TPSA) is 98.6 Å². The number of nitriles is 1. The maximum atomic E-state index is 13.5. The first-order valence-electron chi connectivity index (χ1n) is 10.9. The minimum Gasteiger partial charge on any atom is -0.376 e. The fourth-order valence-corrected chi connectivity index (χ4v) is 4.95. The molecule has 8 nitrogen and oxygen atoms in total. The molecule has 0 aliphatic carbocycles. The summed E-state index contributed by atoms with van der Waals surface area (Å²) in [6.07, 6.45) is 1.99. The van der Waals surface area contributed by atoms with Gasteiger partial charge in [-0.15, -0.1) is 10.2 Å². The Morgan fingerprint density at radius 2 is 1.97 bits per heavy atom. The van der Waals surface area contributed by atoms with Crippen molar-refractivity contribution in [3.05, 3.63) is 70.5 Å². The van der Waals surface area contributed by atoms with Gasteiger partial charge in [0.05, 0.1) is 35.4 Å². The molecule has 0 bridgehead atoms. The molecule has 3 heterocycles. The second kappa shape index (κ2) is 9.75. The third kappa shape index (κ3) is 4.44. The number of benzene rings is 2. The Hall–Kier alpha value is -3.55. The van der Waals surface area contributed by atoms with E-state index < -0.39 is 0 Å². The summed E-state index contributed by atoms with van der Waals surface area (Å²) in [5.74, 6) is 1.12. The lowest BCUT2D eigenvalue weighted by Crippen LogP contribution is -2.24. The first-order valence-corrected chi connectivity index (χ1v) is 11.9. The number of halogens is 1. The third-order valence-corrected chi connectivity index (χ3v) is 6.69. The van der Waals surface area contributed by atoms with Crippen LogP contribution in [-0.4, -0.2) is 37.0 Å². The van der Waals surface area contributed by atoms with Crippen molar-refractivity contribution >= 4 is 22.7 Å². The zero-order valence-electron chi connectivity index (χ0n) is 18.2. The first kappa shape index (κ1) is 22.3. The molecule has 1 saturated heterocycles. The fourth-order valence-electron chi connectivity index (χ4n) is 4.05. The summed E-state index contributed by atoms with van der Waals surface area (Å²) in [5.41, 5.74) is 1.10. The molecule has 1 aliphatic rings. The summed E-state index contributed by atoms with van der Waals surface area (Å²) in [7, 11) is 0. The highest BCUT2D eigenvalue weighted by Gasteiger charge is 2.22. The smallest absolute Gasteiger partial charge is 0.262 e. The van der Waals surface area contributed by atoms with Crippen LogP contribution in [0.5, 0.6) is 0 Å². The van der Waals surface area contributed by atoms with E-state index in [2.05, 4.69) is 21.3 Å². The van der Waals surface area contributed by atoms with E-state index >= 15 is 0 Å². The molecule has 10 heteroatoms. The number of nitrogens with zero attached hydrogens (tertiary/aromatic N) is 6. The monoisotopic (exact) mass is 476 g/mol. The van der Waals surface area contributed by atoms with E-state index in [0.717, 1.165) is 25.0 Å². The van der Waals surface area contributed by atoms with Crippen molar-refractivity contribution in [2.24, 2.45) is 0 Å². The number of rotatable bonds is 7. The number of thioether (sulfide) groups is 1. The lowest BCUT2D eigenvalue weighted by Gasteiger charge is -2.15. The number of ether oxygens (including phenoxy) is 1. The second-order valence-corrected chi connectivity index (χ2v) is 8.88. The molecule has 4 aromatic rings. The van der Waals surface area contributed by atoms with Gasteiger partial charge in [0.25, 0.3) is 5.56 Å². The highest BCUT2D eigenvalue weighted by atomic mass is 32.2. The predicted molar refractivity (Wildman–Crippen MR) is 126 cm³/mol. The fraction of sp³-hybridized carbons (Fsp3) is 0.292. The Morgan fingerprint density at radius 3 is 2.74 bits per heavy atom. The van der Waals surface area contributed by atoms with E-state index in [9.17, 15) is 14.4 Å². The lowest BCUT2D eigenvalue weighted by molar-refractivity contribution is 0.0953. The van der Waals surface area contributed by atoms with Crippen molar-refractivity contribution in [1.29, 1.82) is 5.26 Å². The molecule has 1 aliphatic heterocycles. The Bertz CT molecular complexity index is 1420. The number of hydrogen-bond donors (Lipinski definition) is 0. The molecule has 2 aromatic carbocycles. The van der Waals surface area contributed by atoms with Crippen molar-refractivity contribution in [1.82, 2.24) is 24.3 Å². The molecule has 1 fully saturated rings. The second-order valence-electron chi connectivity index (χ2n) is 7.94. The van der Waals surface area contributed by atoms with Gasteiger partial charge in [-0.1, -0.05) is 23.9 Å². The summed E-state index contributed by atoms with van der Waals surface area (Å²) in [6.45, 7) is 1.21. The van der Waals surface area contributed by atoms with E-state index in [1.54, 1.807) is 30.3 Å². The third-order valence-electron chi connectivity index (χ3n) is 5.73. The van der Waals surface area contributed by atoms with Crippen molar-refractivity contribution in [2.45, 2.75) is 42.9 Å². The molecule has 0 N–H and O–H groups in total. The van der Waals surface area contributed by atoms with Gasteiger partial charge < -0.3 is 4.74 Å². The van der Waals surface area contributed by atoms with Crippen molar-refractivity contribution < 1.29 is 9.13 Å². The summed E-state index contributed by atoms with van der Waals surface area (Å²) in [4.78, 5) is 17.6. The summed E-state index contributed by atoms with van der Waals surface area (Å²) in [5, 5.41) is 19.1. The minimum atomic E-state index is -0.318. The van der Waals surface area contributed by atoms with Crippen LogP contribution in [0.15, 0.2) is 58.5 Å². The van der Waals surface area contributed by atoms with E-state index in [1.165, 1.54) is 28.5 Å². The first-order chi connectivity index (χ1) is 16.6. The molecule has 172 valence electrons. The van der Waals surface area contributed by atoms with Gasteiger partial charge in [0, 0.05) is 12.2 Å². The quantitative estimate of drug-likeness (QED) is 0.374. The largest absolute Gasteiger partial charge is 0.376 e. The van der Waals surface area contributed by atoms with E-state index in [-0.39, 0.29) is 24.0 Å². The van der Waals surface area contributed by atoms with Gasteiger partial charge in [-0.25, -0.2) is 9.37 Å². The van der Waals surface area contributed by atoms with Crippen molar-refractivity contribution in [2.75, 3.05) is 6.61 Å². The van der Waals surface area contributed by atoms with Gasteiger partial charge in [0.2, 0.25) is 0 Å². The molecule has 2 aromatic heterocycles. The highest BCUT2D eigenvalue weighted by Crippen LogP contribution is 2.28. The minimum absolute atomic E-state index is 0.0464. The number of aromatic nitrogens is 5. The SMILES string of the molecule is N#CCn1c(CSc2nnc(-c3ccc(F)cc3)n2C[C@H]2CCCO2)nc2ccccc2c1=O. The molecule has 0 unspecified atom stereocenters. The van der Waals surface area contributed by atoms with Crippen LogP contribution in [0.1, 0.15) is 18.7 Å². The molecule has 0 spiro atoms. The van der Waals surface area contributed by atoms with Gasteiger partial charge in [-0.2, -0.15) is 5.26 Å². The van der Waals surface area contributed by atoms with Crippen LogP contribution >= 0.6 is 11.8 Å². The summed E-state index contributed by atoms with van der Waals surface area (Å²) in [6, 6.07) is 15.3. The van der Waals surface area contributed by atoms with Crippen molar-refractivity contribution in [3.8, 4) is 17.5 Å². The van der Waals surface area contributed by atoms with Gasteiger partial charge in [-0.3, -0.25) is 13.9 Å². The highest BCUT2D eigenvalue weighted by molar-refractivity contribution is 7.98. The maximum Gasteiger partial charge on any atom is 0.262 e. The molecule has 0 radical (unpaired) electrons. The van der Waals surface area contributed by atoms with Crippen LogP contribution in [0.2, 0.25) is 0 Å². The van der Waals surface area contributed by atoms with Crippen LogP contribution in [-0.2, 0) is 23.6 Å². The van der Waals surface area contributed by atoms with Crippen LogP contribution < -0.4 is 5.56 Å². The van der Waals surface area contributed by atoms with Crippen LogP contribution in [0.3, 0.4) is 0 Å². The zero-order valence-corrected chi connectivity index (χ0v) is 19.0. The van der Waals surface area contributed by atoms with E-state index in [0.29, 0.717) is 40.0 Å². The van der Waals surface area contributed by atoms with Gasteiger partial charge >= 0.3 is 0 Å². The predicted octanol–water partition coefficient (Wildman–Crippen LogP) is 3.79. The number of hydrogen-bond acceptors (Lipinski definition) is 7. The maximum absolute atomic E-state index is 13.5. The van der Waals surface area contributed by atoms with Gasteiger partial charge in [-0.05, 0) is 49.2 Å². The Balaban J connectivity index is 1.49. The molecular formula is C24H21FN6O2S. The van der Waals surface area contributed by atoms with Gasteiger partial charge in [0.15, 0.2) is 11.0 Å². The molecule has 0 amide bonds. The molecule has 5 rings (SSSR count). The normalized spacial score (nSPS) is 15.6. The number of fused-ring (bicyclic) bond motifs is 1. The zero-order chi connectivity index (χ0) is 23.5. The Labute approximate surface area is 199 Å². The average Bonchev–Trinajstić information content (AvgIpc) is 3.51. The van der Waals surface area contributed by atoms with E-state index in [4.69, 9.17) is 4.74 Å². The standard InChI is InChI=1S/C24H21FN6O2S/c25-17-9-7-16(8-10-17)22-28-29-24(31(22)14-18-4-3-13-33-18)34-15-21-27-20-6-2-1-5-19(20)23(32)30(21)12-11-26/h1-2,5-10,18H,3-4,12-15H2/t18-/m1/s1.